The topological polar surface area (TPSA) is 75.7 Å². The van der Waals surface area contributed by atoms with Gasteiger partial charge in [-0.3, -0.25) is 0 Å². The highest BCUT2D eigenvalue weighted by atomic mass is 35.5. The summed E-state index contributed by atoms with van der Waals surface area (Å²) in [6.45, 7) is -0.535. The Labute approximate surface area is 192 Å². The third-order valence-electron chi connectivity index (χ3n) is 4.57. The van der Waals surface area contributed by atoms with Crippen LogP contribution < -0.4 is 10.5 Å². The van der Waals surface area contributed by atoms with E-state index in [9.17, 15) is 10.2 Å². The molecule has 0 fully saturated rings. The predicted octanol–water partition coefficient (Wildman–Crippen LogP) is 5.32. The zero-order valence-electron chi connectivity index (χ0n) is 16.3. The lowest BCUT2D eigenvalue weighted by atomic mass is 9.94. The molecule has 3 aromatic rings. The number of halogens is 2. The molecule has 0 bridgehead atoms. The van der Waals surface area contributed by atoms with Crippen LogP contribution in [0.15, 0.2) is 82.6 Å². The van der Waals surface area contributed by atoms with Crippen molar-refractivity contribution in [2.24, 2.45) is 5.73 Å². The summed E-state index contributed by atoms with van der Waals surface area (Å²) in [6.07, 6.45) is 1.03. The lowest BCUT2D eigenvalue weighted by Gasteiger charge is -2.24. The maximum atomic E-state index is 9.32. The maximum absolute atomic E-state index is 9.32. The third kappa shape index (κ3) is 6.91. The van der Waals surface area contributed by atoms with Crippen LogP contribution in [0.1, 0.15) is 12.0 Å². The molecule has 4 N–H and O–H groups in total. The molecule has 3 aromatic carbocycles. The van der Waals surface area contributed by atoms with E-state index >= 15 is 0 Å². The smallest absolute Gasteiger partial charge is 0.128 e. The monoisotopic (exact) mass is 465 g/mol. The third-order valence-corrected chi connectivity index (χ3v) is 5.90. The molecule has 0 aliphatic rings. The molecular weight excluding hydrogens is 441 g/mol. The van der Waals surface area contributed by atoms with Crippen LogP contribution in [0.4, 0.5) is 0 Å². The molecule has 0 radical (unpaired) electrons. The molecule has 0 heterocycles. The van der Waals surface area contributed by atoms with Crippen LogP contribution in [0.2, 0.25) is 5.02 Å². The van der Waals surface area contributed by atoms with Gasteiger partial charge in [0.2, 0.25) is 0 Å². The molecule has 0 saturated heterocycles. The van der Waals surface area contributed by atoms with Gasteiger partial charge in [-0.05, 0) is 60.9 Å². The van der Waals surface area contributed by atoms with E-state index in [0.717, 1.165) is 26.9 Å². The van der Waals surface area contributed by atoms with Crippen molar-refractivity contribution < 1.29 is 14.9 Å². The van der Waals surface area contributed by atoms with Crippen molar-refractivity contribution in [3.63, 3.8) is 0 Å². The first-order valence-electron chi connectivity index (χ1n) is 9.31. The standard InChI is InChI=1S/C23H24ClNO3S.ClH/c24-22-14-21(10-9-17(22)11-12-23(25,15-26)16-27)29-20-8-4-7-19(13-20)28-18-5-2-1-3-6-18;/h1-10,13-14,26-27H,11-12,15-16,25H2;1H. The minimum atomic E-state index is -0.990. The SMILES string of the molecule is Cl.NC(CO)(CO)CCc1ccc(Sc2cccc(Oc3ccccc3)c2)cc1Cl. The molecule has 0 atom stereocenters. The molecule has 0 aliphatic carbocycles. The molecule has 4 nitrogen and oxygen atoms in total. The fourth-order valence-corrected chi connectivity index (χ4v) is 3.99. The van der Waals surface area contributed by atoms with Gasteiger partial charge in [0.1, 0.15) is 11.5 Å². The van der Waals surface area contributed by atoms with Gasteiger partial charge in [0.05, 0.1) is 18.8 Å². The highest BCUT2D eigenvalue weighted by Gasteiger charge is 2.23. The Hall–Kier alpha value is -1.73. The van der Waals surface area contributed by atoms with Gasteiger partial charge in [0.15, 0.2) is 0 Å². The van der Waals surface area contributed by atoms with E-state index in [1.54, 1.807) is 11.8 Å². The van der Waals surface area contributed by atoms with E-state index in [2.05, 4.69) is 0 Å². The first-order chi connectivity index (χ1) is 14.0. The van der Waals surface area contributed by atoms with E-state index in [1.165, 1.54) is 0 Å². The number of aliphatic hydroxyl groups is 2. The molecule has 0 aromatic heterocycles. The minimum absolute atomic E-state index is 0. The van der Waals surface area contributed by atoms with Gasteiger partial charge in [-0.15, -0.1) is 12.4 Å². The number of rotatable bonds is 9. The van der Waals surface area contributed by atoms with Crippen molar-refractivity contribution in [1.82, 2.24) is 0 Å². The molecule has 0 amide bonds. The Morgan fingerprint density at radius 2 is 1.53 bits per heavy atom. The van der Waals surface area contributed by atoms with Crippen molar-refractivity contribution in [2.45, 2.75) is 28.2 Å². The van der Waals surface area contributed by atoms with Crippen LogP contribution in [-0.2, 0) is 6.42 Å². The summed E-state index contributed by atoms with van der Waals surface area (Å²) in [5, 5.41) is 19.3. The number of hydrogen-bond acceptors (Lipinski definition) is 5. The lowest BCUT2D eigenvalue weighted by molar-refractivity contribution is 0.115. The first kappa shape index (κ1) is 24.5. The number of para-hydroxylation sites is 1. The van der Waals surface area contributed by atoms with Crippen molar-refractivity contribution in [1.29, 1.82) is 0 Å². The number of aryl methyl sites for hydroxylation is 1. The van der Waals surface area contributed by atoms with Crippen LogP contribution in [0.25, 0.3) is 0 Å². The zero-order valence-corrected chi connectivity index (χ0v) is 18.7. The molecule has 30 heavy (non-hydrogen) atoms. The highest BCUT2D eigenvalue weighted by Crippen LogP contribution is 2.34. The molecule has 7 heteroatoms. The summed E-state index contributed by atoms with van der Waals surface area (Å²) in [7, 11) is 0. The first-order valence-corrected chi connectivity index (χ1v) is 10.5. The second kappa shape index (κ2) is 11.6. The van der Waals surface area contributed by atoms with E-state index in [4.69, 9.17) is 22.1 Å². The molecule has 160 valence electrons. The summed E-state index contributed by atoms with van der Waals surface area (Å²) in [5.74, 6) is 1.57. The Morgan fingerprint density at radius 1 is 0.867 bits per heavy atom. The Morgan fingerprint density at radius 3 is 2.20 bits per heavy atom. The summed E-state index contributed by atoms with van der Waals surface area (Å²) in [6, 6.07) is 23.5. The quantitative estimate of drug-likeness (QED) is 0.398. The average molecular weight is 466 g/mol. The Kier molecular flexibility index (Phi) is 9.49. The van der Waals surface area contributed by atoms with Crippen molar-refractivity contribution in [3.8, 4) is 11.5 Å². The largest absolute Gasteiger partial charge is 0.457 e. The van der Waals surface area contributed by atoms with E-state index < -0.39 is 5.54 Å². The second-order valence-electron chi connectivity index (χ2n) is 6.92. The number of ether oxygens (including phenoxy) is 1. The molecule has 0 spiro atoms. The van der Waals surface area contributed by atoms with Crippen molar-refractivity contribution in [2.75, 3.05) is 13.2 Å². The van der Waals surface area contributed by atoms with E-state index in [1.807, 2.05) is 72.8 Å². The summed E-state index contributed by atoms with van der Waals surface area (Å²) >= 11 is 8.04. The summed E-state index contributed by atoms with van der Waals surface area (Å²) in [4.78, 5) is 2.06. The normalized spacial score (nSPS) is 11.1. The predicted molar refractivity (Wildman–Crippen MR) is 125 cm³/mol. The van der Waals surface area contributed by atoms with Crippen LogP contribution in [0.5, 0.6) is 11.5 Å². The van der Waals surface area contributed by atoms with Gasteiger partial charge in [0.25, 0.3) is 0 Å². The Bertz CT molecular complexity index is 937. The molecule has 0 unspecified atom stereocenters. The number of nitrogens with two attached hydrogens (primary N) is 1. The minimum Gasteiger partial charge on any atom is -0.457 e. The van der Waals surface area contributed by atoms with Gasteiger partial charge in [-0.1, -0.05) is 53.7 Å². The molecule has 0 saturated carbocycles. The molecular formula is C23H25Cl2NO3S. The van der Waals surface area contributed by atoms with Gasteiger partial charge >= 0.3 is 0 Å². The van der Waals surface area contributed by atoms with Crippen LogP contribution in [-0.4, -0.2) is 29.0 Å². The van der Waals surface area contributed by atoms with Crippen LogP contribution >= 0.6 is 35.8 Å². The van der Waals surface area contributed by atoms with Gasteiger partial charge < -0.3 is 20.7 Å². The molecule has 0 aliphatic heterocycles. The number of benzene rings is 3. The van der Waals surface area contributed by atoms with Gasteiger partial charge in [-0.2, -0.15) is 0 Å². The van der Waals surface area contributed by atoms with Crippen molar-refractivity contribution in [3.05, 3.63) is 83.4 Å². The van der Waals surface area contributed by atoms with Crippen LogP contribution in [0.3, 0.4) is 0 Å². The zero-order chi connectivity index (χ0) is 20.7. The number of aliphatic hydroxyl groups excluding tert-OH is 2. The highest BCUT2D eigenvalue weighted by molar-refractivity contribution is 7.99. The maximum Gasteiger partial charge on any atom is 0.128 e. The van der Waals surface area contributed by atoms with Crippen LogP contribution in [0, 0.1) is 0 Å². The number of hydrogen-bond donors (Lipinski definition) is 3. The Balaban J connectivity index is 0.00000320. The van der Waals surface area contributed by atoms with Crippen molar-refractivity contribution >= 4 is 35.8 Å². The van der Waals surface area contributed by atoms with E-state index in [-0.39, 0.29) is 25.6 Å². The summed E-state index contributed by atoms with van der Waals surface area (Å²) in [5.41, 5.74) is 5.89. The molecule has 3 rings (SSSR count). The van der Waals surface area contributed by atoms with Gasteiger partial charge in [-0.25, -0.2) is 0 Å². The van der Waals surface area contributed by atoms with E-state index in [0.29, 0.717) is 17.9 Å². The fraction of sp³-hybridized carbons (Fsp3) is 0.217. The summed E-state index contributed by atoms with van der Waals surface area (Å²) < 4.78 is 5.89. The van der Waals surface area contributed by atoms with Gasteiger partial charge in [0, 0.05) is 14.8 Å². The fourth-order valence-electron chi connectivity index (χ4n) is 2.75. The lowest BCUT2D eigenvalue weighted by Crippen LogP contribution is -2.47. The average Bonchev–Trinajstić information content (AvgIpc) is 2.74. The second-order valence-corrected chi connectivity index (χ2v) is 8.48.